The van der Waals surface area contributed by atoms with Crippen molar-refractivity contribution in [1.82, 2.24) is 0 Å². The molecular weight excluding hydrogens is 156 g/mol. The van der Waals surface area contributed by atoms with Crippen molar-refractivity contribution >= 4 is 11.4 Å². The van der Waals surface area contributed by atoms with Crippen LogP contribution in [0.3, 0.4) is 0 Å². The molecule has 0 spiro atoms. The highest BCUT2D eigenvalue weighted by atomic mass is 16.5. The van der Waals surface area contributed by atoms with Crippen molar-refractivity contribution in [3.05, 3.63) is 28.6 Å². The van der Waals surface area contributed by atoms with Gasteiger partial charge in [-0.1, -0.05) is 5.11 Å². The van der Waals surface area contributed by atoms with E-state index >= 15 is 0 Å². The predicted molar refractivity (Wildman–Crippen MR) is 46.2 cm³/mol. The Bertz CT molecular complexity index is 330. The number of ether oxygens (including phenoxy) is 1. The van der Waals surface area contributed by atoms with Gasteiger partial charge in [0.2, 0.25) is 0 Å². The summed E-state index contributed by atoms with van der Waals surface area (Å²) in [5.74, 6) is 0.617. The molecule has 2 N–H and O–H groups in total. The second-order valence-electron chi connectivity index (χ2n) is 2.11. The fraction of sp³-hybridized carbons (Fsp3) is 0.143. The minimum atomic E-state index is 0.386. The van der Waals surface area contributed by atoms with Crippen LogP contribution in [0.25, 0.3) is 10.4 Å². The third-order valence-corrected chi connectivity index (χ3v) is 1.39. The van der Waals surface area contributed by atoms with Crippen LogP contribution in [0.15, 0.2) is 23.3 Å². The molecule has 0 aliphatic heterocycles. The minimum Gasteiger partial charge on any atom is -0.497 e. The number of methoxy groups -OCH3 is 1. The van der Waals surface area contributed by atoms with Crippen LogP contribution in [-0.2, 0) is 0 Å². The summed E-state index contributed by atoms with van der Waals surface area (Å²) in [6.07, 6.45) is 0. The van der Waals surface area contributed by atoms with E-state index in [0.717, 1.165) is 0 Å². The highest BCUT2D eigenvalue weighted by Gasteiger charge is 1.97. The van der Waals surface area contributed by atoms with Gasteiger partial charge in [0.05, 0.1) is 12.8 Å². The van der Waals surface area contributed by atoms with Crippen molar-refractivity contribution in [3.8, 4) is 5.75 Å². The topological polar surface area (TPSA) is 84.0 Å². The summed E-state index contributed by atoms with van der Waals surface area (Å²) in [5.41, 5.74) is 14.5. The zero-order valence-electron chi connectivity index (χ0n) is 6.56. The lowest BCUT2D eigenvalue weighted by Crippen LogP contribution is -1.86. The third-order valence-electron chi connectivity index (χ3n) is 1.39. The van der Waals surface area contributed by atoms with Gasteiger partial charge in [0.1, 0.15) is 5.75 Å². The molecule has 0 aliphatic carbocycles. The first-order valence-electron chi connectivity index (χ1n) is 3.26. The molecule has 5 nitrogen and oxygen atoms in total. The minimum absolute atomic E-state index is 0.386. The van der Waals surface area contributed by atoms with Crippen LogP contribution < -0.4 is 10.5 Å². The molecule has 1 aromatic carbocycles. The van der Waals surface area contributed by atoms with Crippen molar-refractivity contribution in [1.29, 1.82) is 0 Å². The van der Waals surface area contributed by atoms with Gasteiger partial charge in [0.25, 0.3) is 0 Å². The van der Waals surface area contributed by atoms with Crippen molar-refractivity contribution in [2.24, 2.45) is 5.11 Å². The normalized spacial score (nSPS) is 8.75. The van der Waals surface area contributed by atoms with Crippen LogP contribution >= 0.6 is 0 Å². The summed E-state index contributed by atoms with van der Waals surface area (Å²) in [6.45, 7) is 0. The molecule has 0 unspecified atom stereocenters. The molecule has 0 heterocycles. The number of nitrogen functional groups attached to an aromatic ring is 1. The van der Waals surface area contributed by atoms with Crippen molar-refractivity contribution in [2.75, 3.05) is 12.8 Å². The highest BCUT2D eigenvalue weighted by molar-refractivity contribution is 5.64. The summed E-state index contributed by atoms with van der Waals surface area (Å²) in [4.78, 5) is 2.63. The van der Waals surface area contributed by atoms with Gasteiger partial charge in [-0.25, -0.2) is 0 Å². The Balaban J connectivity index is 3.16. The quantitative estimate of drug-likeness (QED) is 0.314. The Morgan fingerprint density at radius 1 is 1.58 bits per heavy atom. The van der Waals surface area contributed by atoms with Gasteiger partial charge in [-0.2, -0.15) is 0 Å². The molecule has 0 amide bonds. The first-order chi connectivity index (χ1) is 5.77. The zero-order valence-corrected chi connectivity index (χ0v) is 6.56. The maximum atomic E-state index is 8.17. The van der Waals surface area contributed by atoms with E-state index in [4.69, 9.17) is 16.0 Å². The van der Waals surface area contributed by atoms with Gasteiger partial charge in [-0.05, 0) is 23.7 Å². The molecule has 0 fully saturated rings. The average Bonchev–Trinajstić information content (AvgIpc) is 2.09. The molecule has 0 bridgehead atoms. The van der Waals surface area contributed by atoms with Crippen LogP contribution in [0, 0.1) is 0 Å². The van der Waals surface area contributed by atoms with E-state index in [-0.39, 0.29) is 0 Å². The van der Waals surface area contributed by atoms with E-state index in [1.54, 1.807) is 18.2 Å². The van der Waals surface area contributed by atoms with Crippen LogP contribution in [0.5, 0.6) is 5.75 Å². The second kappa shape index (κ2) is 3.50. The lowest BCUT2D eigenvalue weighted by molar-refractivity contribution is 0.415. The van der Waals surface area contributed by atoms with E-state index in [1.165, 1.54) is 7.11 Å². The summed E-state index contributed by atoms with van der Waals surface area (Å²) in [6, 6.07) is 4.91. The van der Waals surface area contributed by atoms with Crippen molar-refractivity contribution in [3.63, 3.8) is 0 Å². The predicted octanol–water partition coefficient (Wildman–Crippen LogP) is 2.22. The van der Waals surface area contributed by atoms with E-state index in [0.29, 0.717) is 17.1 Å². The SMILES string of the molecule is COc1ccc(N)c(N=[N+]=[N-])c1. The van der Waals surface area contributed by atoms with Crippen LogP contribution in [0.4, 0.5) is 11.4 Å². The number of hydrogen-bond donors (Lipinski definition) is 1. The Morgan fingerprint density at radius 3 is 2.92 bits per heavy atom. The van der Waals surface area contributed by atoms with Crippen LogP contribution in [0.2, 0.25) is 0 Å². The molecule has 0 atom stereocenters. The lowest BCUT2D eigenvalue weighted by Gasteiger charge is -2.02. The molecular formula is C7H8N4O. The average molecular weight is 164 g/mol. The molecule has 0 saturated carbocycles. The zero-order chi connectivity index (χ0) is 8.97. The van der Waals surface area contributed by atoms with Gasteiger partial charge in [-0.15, -0.1) is 0 Å². The summed E-state index contributed by atoms with van der Waals surface area (Å²) < 4.78 is 4.92. The Labute approximate surface area is 69.4 Å². The number of rotatable bonds is 2. The summed E-state index contributed by atoms with van der Waals surface area (Å²) in [5, 5.41) is 3.39. The van der Waals surface area contributed by atoms with E-state index in [1.807, 2.05) is 0 Å². The van der Waals surface area contributed by atoms with Gasteiger partial charge < -0.3 is 10.5 Å². The number of nitrogens with two attached hydrogens (primary N) is 1. The summed E-state index contributed by atoms with van der Waals surface area (Å²) >= 11 is 0. The van der Waals surface area contributed by atoms with E-state index in [9.17, 15) is 0 Å². The largest absolute Gasteiger partial charge is 0.497 e. The van der Waals surface area contributed by atoms with Gasteiger partial charge in [0, 0.05) is 10.6 Å². The molecule has 0 aliphatic rings. The standard InChI is InChI=1S/C7H8N4O/c1-12-5-2-3-6(8)7(4-5)10-11-9/h2-4H,8H2,1H3. The first-order valence-corrected chi connectivity index (χ1v) is 3.26. The smallest absolute Gasteiger partial charge is 0.119 e. The molecule has 0 radical (unpaired) electrons. The van der Waals surface area contributed by atoms with Crippen LogP contribution in [0.1, 0.15) is 0 Å². The third kappa shape index (κ3) is 1.59. The van der Waals surface area contributed by atoms with Crippen molar-refractivity contribution in [2.45, 2.75) is 0 Å². The fourth-order valence-electron chi connectivity index (χ4n) is 0.785. The number of azide groups is 1. The second-order valence-corrected chi connectivity index (χ2v) is 2.11. The Hall–Kier alpha value is -1.87. The Morgan fingerprint density at radius 2 is 2.33 bits per heavy atom. The molecule has 0 saturated heterocycles. The van der Waals surface area contributed by atoms with Gasteiger partial charge in [-0.3, -0.25) is 0 Å². The number of hydrogen-bond acceptors (Lipinski definition) is 3. The number of nitrogens with zero attached hydrogens (tertiary/aromatic N) is 3. The van der Waals surface area contributed by atoms with Gasteiger partial charge >= 0.3 is 0 Å². The fourth-order valence-corrected chi connectivity index (χ4v) is 0.785. The van der Waals surface area contributed by atoms with Crippen LogP contribution in [-0.4, -0.2) is 7.11 Å². The van der Waals surface area contributed by atoms with Crippen molar-refractivity contribution < 1.29 is 4.74 Å². The monoisotopic (exact) mass is 164 g/mol. The van der Waals surface area contributed by atoms with Gasteiger partial charge in [0.15, 0.2) is 0 Å². The molecule has 0 aromatic heterocycles. The number of anilines is 1. The maximum absolute atomic E-state index is 8.17. The number of benzene rings is 1. The lowest BCUT2D eigenvalue weighted by atomic mass is 10.2. The van der Waals surface area contributed by atoms with E-state index in [2.05, 4.69) is 10.0 Å². The molecule has 1 aromatic rings. The Kier molecular flexibility index (Phi) is 2.40. The molecule has 1 rings (SSSR count). The molecule has 62 valence electrons. The highest BCUT2D eigenvalue weighted by Crippen LogP contribution is 2.26. The molecule has 12 heavy (non-hydrogen) atoms. The first kappa shape index (κ1) is 8.23. The maximum Gasteiger partial charge on any atom is 0.119 e. The van der Waals surface area contributed by atoms with E-state index < -0.39 is 0 Å². The molecule has 5 heteroatoms. The summed E-state index contributed by atoms with van der Waals surface area (Å²) in [7, 11) is 1.53.